The van der Waals surface area contributed by atoms with E-state index >= 15 is 0 Å². The minimum absolute atomic E-state index is 0. The third-order valence-corrected chi connectivity index (χ3v) is 12.7. The van der Waals surface area contributed by atoms with E-state index in [0.29, 0.717) is 16.8 Å². The molecule has 7 heteroatoms. The number of fused-ring (bicyclic) bond motifs is 6. The van der Waals surface area contributed by atoms with Crippen LogP contribution in [-0.2, 0) is 26.5 Å². The first kappa shape index (κ1) is 41.0. The predicted octanol–water partition coefficient (Wildman–Crippen LogP) is 13.6. The molecule has 0 fully saturated rings. The molecule has 58 heavy (non-hydrogen) atoms. The molecule has 0 spiro atoms. The first-order valence-electron chi connectivity index (χ1n) is 19.6. The van der Waals surface area contributed by atoms with Crippen LogP contribution in [0.1, 0.15) is 55.9 Å². The Morgan fingerprint density at radius 3 is 2.10 bits per heavy atom. The average molecular weight is 959 g/mol. The quantitative estimate of drug-likeness (QED) is 0.123. The van der Waals surface area contributed by atoms with Gasteiger partial charge < -0.3 is 18.8 Å². The fourth-order valence-electron chi connectivity index (χ4n) is 7.80. The summed E-state index contributed by atoms with van der Waals surface area (Å²) in [6.07, 6.45) is 4.73. The SMILES string of the molecule is CC(c1ccccc1)c1cccc2c1oc1c(-c3cc4c(cn3)oc3ccccc34)[c-]ccc12.Cc1cc[c-]c(-c2cc(CC(C)(C)C)c([Si](C)(C)C)cn2)c1F.[Ir]. The normalized spacial score (nSPS) is 12.4. The third kappa shape index (κ3) is 8.09. The molecular formula is C51H47FIrN2O2Si-2. The van der Waals surface area contributed by atoms with Crippen molar-refractivity contribution in [1.29, 1.82) is 0 Å². The van der Waals surface area contributed by atoms with Crippen molar-refractivity contribution in [3.8, 4) is 22.5 Å². The molecule has 0 bridgehead atoms. The molecule has 0 aliphatic heterocycles. The second-order valence-electron chi connectivity index (χ2n) is 17.3. The Hall–Kier alpha value is -5.20. The summed E-state index contributed by atoms with van der Waals surface area (Å²) in [6.45, 7) is 17.7. The van der Waals surface area contributed by atoms with Crippen molar-refractivity contribution >= 4 is 57.1 Å². The number of halogens is 1. The molecule has 0 saturated carbocycles. The zero-order valence-electron chi connectivity index (χ0n) is 34.3. The first-order valence-corrected chi connectivity index (χ1v) is 23.1. The predicted molar refractivity (Wildman–Crippen MR) is 236 cm³/mol. The van der Waals surface area contributed by atoms with E-state index in [4.69, 9.17) is 13.8 Å². The molecule has 0 saturated heterocycles. The molecular weight excluding hydrogens is 912 g/mol. The van der Waals surface area contributed by atoms with Crippen molar-refractivity contribution in [1.82, 2.24) is 9.97 Å². The van der Waals surface area contributed by atoms with Gasteiger partial charge in [-0.3, -0.25) is 4.39 Å². The van der Waals surface area contributed by atoms with Gasteiger partial charge in [0.15, 0.2) is 5.58 Å². The van der Waals surface area contributed by atoms with Crippen molar-refractivity contribution in [3.05, 3.63) is 162 Å². The van der Waals surface area contributed by atoms with Gasteiger partial charge in [-0.25, -0.2) is 0 Å². The third-order valence-electron chi connectivity index (χ3n) is 10.7. The second kappa shape index (κ2) is 16.2. The number of aryl methyl sites for hydroxylation is 1. The van der Waals surface area contributed by atoms with Gasteiger partial charge >= 0.3 is 0 Å². The average Bonchev–Trinajstić information content (AvgIpc) is 3.76. The molecule has 4 heterocycles. The minimum Gasteiger partial charge on any atom is -0.500 e. The fraction of sp³-hybridized carbons (Fsp3) is 0.216. The van der Waals surface area contributed by atoms with Gasteiger partial charge in [0.05, 0.1) is 19.9 Å². The summed E-state index contributed by atoms with van der Waals surface area (Å²) in [7, 11) is -1.49. The Labute approximate surface area is 354 Å². The Morgan fingerprint density at radius 2 is 1.34 bits per heavy atom. The van der Waals surface area contributed by atoms with Gasteiger partial charge in [-0.05, 0) is 40.0 Å². The maximum Gasteiger partial charge on any atom is 0.151 e. The smallest absolute Gasteiger partial charge is 0.151 e. The van der Waals surface area contributed by atoms with Gasteiger partial charge in [0.1, 0.15) is 11.2 Å². The summed E-state index contributed by atoms with van der Waals surface area (Å²) in [5.74, 6) is -0.00729. The number of hydrogen-bond acceptors (Lipinski definition) is 4. The van der Waals surface area contributed by atoms with E-state index in [1.165, 1.54) is 21.9 Å². The maximum atomic E-state index is 14.4. The van der Waals surface area contributed by atoms with Gasteiger partial charge in [-0.1, -0.05) is 161 Å². The van der Waals surface area contributed by atoms with Crippen LogP contribution >= 0.6 is 0 Å². The van der Waals surface area contributed by atoms with Crippen LogP contribution in [-0.4, -0.2) is 18.0 Å². The van der Waals surface area contributed by atoms with Crippen LogP contribution in [0.15, 0.2) is 130 Å². The van der Waals surface area contributed by atoms with Gasteiger partial charge in [-0.15, -0.1) is 36.4 Å². The van der Waals surface area contributed by atoms with E-state index in [1.807, 2.05) is 36.5 Å². The number of benzene rings is 5. The van der Waals surface area contributed by atoms with Gasteiger partial charge in [0, 0.05) is 59.8 Å². The largest absolute Gasteiger partial charge is 0.500 e. The van der Waals surface area contributed by atoms with Crippen LogP contribution in [0.5, 0.6) is 0 Å². The summed E-state index contributed by atoms with van der Waals surface area (Å²) >= 11 is 0. The molecule has 4 aromatic heterocycles. The topological polar surface area (TPSA) is 52.1 Å². The summed E-state index contributed by atoms with van der Waals surface area (Å²) in [4.78, 5) is 9.28. The molecule has 9 rings (SSSR count). The van der Waals surface area contributed by atoms with Gasteiger partial charge in [-0.2, -0.15) is 0 Å². The van der Waals surface area contributed by atoms with E-state index in [-0.39, 0.29) is 37.3 Å². The molecule has 0 aliphatic carbocycles. The Balaban J connectivity index is 0.000000188. The maximum absolute atomic E-state index is 14.4. The number of nitrogens with zero attached hydrogens (tertiary/aromatic N) is 2. The van der Waals surface area contributed by atoms with Crippen LogP contribution in [0.25, 0.3) is 66.4 Å². The number of para-hydroxylation sites is 2. The van der Waals surface area contributed by atoms with Crippen LogP contribution < -0.4 is 5.19 Å². The Morgan fingerprint density at radius 1 is 0.690 bits per heavy atom. The van der Waals surface area contributed by atoms with Crippen LogP contribution in [0, 0.1) is 30.3 Å². The number of pyridine rings is 2. The van der Waals surface area contributed by atoms with Crippen molar-refractivity contribution in [3.63, 3.8) is 0 Å². The Bertz CT molecular complexity index is 2900. The van der Waals surface area contributed by atoms with Crippen LogP contribution in [0.3, 0.4) is 0 Å². The molecule has 0 amide bonds. The molecule has 1 unspecified atom stereocenters. The molecule has 295 valence electrons. The molecule has 0 N–H and O–H groups in total. The first-order chi connectivity index (χ1) is 27.3. The molecule has 1 atom stereocenters. The number of furan rings is 2. The van der Waals surface area contributed by atoms with Crippen LogP contribution in [0.4, 0.5) is 4.39 Å². The molecule has 5 aromatic carbocycles. The molecule has 1 radical (unpaired) electrons. The summed E-state index contributed by atoms with van der Waals surface area (Å²) in [5, 5.41) is 5.67. The van der Waals surface area contributed by atoms with E-state index < -0.39 is 8.07 Å². The summed E-state index contributed by atoms with van der Waals surface area (Å²) in [6, 6.07) is 43.1. The van der Waals surface area contributed by atoms with Crippen molar-refractivity contribution in [2.45, 2.75) is 66.6 Å². The zero-order valence-corrected chi connectivity index (χ0v) is 37.6. The monoisotopic (exact) mass is 959 g/mol. The number of hydrogen-bond donors (Lipinski definition) is 0. The zero-order chi connectivity index (χ0) is 40.1. The van der Waals surface area contributed by atoms with Gasteiger partial charge in [0.25, 0.3) is 0 Å². The van der Waals surface area contributed by atoms with Gasteiger partial charge in [0.2, 0.25) is 0 Å². The van der Waals surface area contributed by atoms with E-state index in [9.17, 15) is 4.39 Å². The second-order valence-corrected chi connectivity index (χ2v) is 22.3. The standard InChI is InChI=1S/C31H20NO2.C20H27FNSi.Ir/c1-19(20-9-3-2-4-10-20)21-12-7-13-23-24-14-8-15-25(31(24)34-30(21)23)27-17-26-22-11-5-6-16-28(22)33-29(26)18-32-27;1-14-9-8-10-16(19(14)21)17-11-15(12-20(2,3)4)18(13-22-17)23(5,6)7;/h2-14,16-19H,1H3;8-9,11,13H,12H2,1-7H3;/q2*-1;. The van der Waals surface area contributed by atoms with Crippen molar-refractivity contribution in [2.24, 2.45) is 5.41 Å². The Kier molecular flexibility index (Phi) is 11.5. The molecule has 0 aliphatic rings. The summed E-state index contributed by atoms with van der Waals surface area (Å²) in [5.41, 5.74) is 10.8. The summed E-state index contributed by atoms with van der Waals surface area (Å²) < 4.78 is 27.0. The molecule has 9 aromatic rings. The van der Waals surface area contributed by atoms with Crippen molar-refractivity contribution in [2.75, 3.05) is 0 Å². The minimum atomic E-state index is -1.49. The van der Waals surface area contributed by atoms with E-state index in [1.54, 1.807) is 25.3 Å². The number of rotatable bonds is 6. The van der Waals surface area contributed by atoms with Crippen molar-refractivity contribution < 1.29 is 33.3 Å². The molecule has 4 nitrogen and oxygen atoms in total. The number of aromatic nitrogens is 2. The van der Waals surface area contributed by atoms with E-state index in [0.717, 1.165) is 61.6 Å². The van der Waals surface area contributed by atoms with E-state index in [2.05, 4.69) is 131 Å². The fourth-order valence-corrected chi connectivity index (χ4v) is 9.38. The van der Waals surface area contributed by atoms with Crippen LogP contribution in [0.2, 0.25) is 19.6 Å².